The summed E-state index contributed by atoms with van der Waals surface area (Å²) in [5, 5.41) is 0. The summed E-state index contributed by atoms with van der Waals surface area (Å²) in [6.07, 6.45) is 16.0. The second kappa shape index (κ2) is 12.1. The van der Waals surface area contributed by atoms with Gasteiger partial charge in [-0.1, -0.05) is 78.1 Å². The highest BCUT2D eigenvalue weighted by atomic mass is 16.5. The highest BCUT2D eigenvalue weighted by Crippen LogP contribution is 2.42. The minimum atomic E-state index is 0.0297. The van der Waals surface area contributed by atoms with Crippen LogP contribution in [0.2, 0.25) is 0 Å². The van der Waals surface area contributed by atoms with Crippen LogP contribution in [0.25, 0.3) is 0 Å². The van der Waals surface area contributed by atoms with Gasteiger partial charge in [0.1, 0.15) is 0 Å². The van der Waals surface area contributed by atoms with Crippen molar-refractivity contribution in [2.45, 2.75) is 97.3 Å². The third-order valence-electron chi connectivity index (χ3n) is 4.69. The van der Waals surface area contributed by atoms with Crippen molar-refractivity contribution < 1.29 is 9.53 Å². The summed E-state index contributed by atoms with van der Waals surface area (Å²) in [6, 6.07) is 0. The van der Waals surface area contributed by atoms with Crippen LogP contribution in [0.5, 0.6) is 0 Å². The number of ether oxygens (including phenoxy) is 1. The van der Waals surface area contributed by atoms with E-state index in [1.807, 2.05) is 0 Å². The van der Waals surface area contributed by atoms with Gasteiger partial charge in [0.25, 0.3) is 0 Å². The minimum absolute atomic E-state index is 0.0297. The molecule has 2 heteroatoms. The van der Waals surface area contributed by atoms with Crippen molar-refractivity contribution in [1.29, 1.82) is 0 Å². The number of carbonyl (C=O) groups is 1. The Hall–Kier alpha value is -0.530. The summed E-state index contributed by atoms with van der Waals surface area (Å²) in [5.41, 5.74) is 0. The van der Waals surface area contributed by atoms with Gasteiger partial charge in [0, 0.05) is 6.42 Å². The molecule has 0 radical (unpaired) electrons. The lowest BCUT2D eigenvalue weighted by Crippen LogP contribution is -2.07. The molecule has 0 aromatic heterocycles. The maximum absolute atomic E-state index is 11.6. The number of hydrogen-bond donors (Lipinski definition) is 0. The van der Waals surface area contributed by atoms with Crippen molar-refractivity contribution in [2.24, 2.45) is 11.8 Å². The van der Waals surface area contributed by atoms with Crippen LogP contribution < -0.4 is 0 Å². The Labute approximate surface area is 132 Å². The molecule has 124 valence electrons. The van der Waals surface area contributed by atoms with Crippen molar-refractivity contribution in [3.63, 3.8) is 0 Å². The maximum atomic E-state index is 11.6. The first-order chi connectivity index (χ1) is 10.3. The first-order valence-electron chi connectivity index (χ1n) is 9.43. The van der Waals surface area contributed by atoms with E-state index in [4.69, 9.17) is 4.74 Å². The molecule has 0 saturated heterocycles. The number of hydrogen-bond acceptors (Lipinski definition) is 2. The molecule has 1 saturated carbocycles. The SMILES string of the molecule is CCCCCCCCC(=O)OCC1CC1CCCCCC. The molecule has 0 aromatic carbocycles. The third kappa shape index (κ3) is 9.92. The molecule has 0 heterocycles. The summed E-state index contributed by atoms with van der Waals surface area (Å²) in [7, 11) is 0. The Balaban J connectivity index is 1.86. The zero-order valence-corrected chi connectivity index (χ0v) is 14.4. The van der Waals surface area contributed by atoms with E-state index in [-0.39, 0.29) is 5.97 Å². The Morgan fingerprint density at radius 3 is 2.19 bits per heavy atom. The molecule has 1 aliphatic rings. The quantitative estimate of drug-likeness (QED) is 0.295. The van der Waals surface area contributed by atoms with Crippen LogP contribution >= 0.6 is 0 Å². The van der Waals surface area contributed by atoms with Crippen molar-refractivity contribution in [2.75, 3.05) is 6.61 Å². The van der Waals surface area contributed by atoms with Gasteiger partial charge in [0.05, 0.1) is 6.61 Å². The van der Waals surface area contributed by atoms with Gasteiger partial charge < -0.3 is 4.74 Å². The lowest BCUT2D eigenvalue weighted by Gasteiger charge is -2.05. The molecule has 2 unspecified atom stereocenters. The molecule has 1 aliphatic carbocycles. The third-order valence-corrected chi connectivity index (χ3v) is 4.69. The molecular formula is C19H36O2. The molecule has 1 rings (SSSR count). The van der Waals surface area contributed by atoms with Crippen LogP contribution in [0.3, 0.4) is 0 Å². The van der Waals surface area contributed by atoms with E-state index in [0.717, 1.165) is 12.3 Å². The van der Waals surface area contributed by atoms with Gasteiger partial charge in [-0.2, -0.15) is 0 Å². The predicted molar refractivity (Wildman–Crippen MR) is 89.3 cm³/mol. The number of esters is 1. The summed E-state index contributed by atoms with van der Waals surface area (Å²) in [4.78, 5) is 11.6. The van der Waals surface area contributed by atoms with E-state index in [2.05, 4.69) is 13.8 Å². The highest BCUT2D eigenvalue weighted by molar-refractivity contribution is 5.69. The molecule has 2 nitrogen and oxygen atoms in total. The van der Waals surface area contributed by atoms with Crippen LogP contribution in [0.4, 0.5) is 0 Å². The molecule has 0 N–H and O–H groups in total. The molecule has 0 bridgehead atoms. The van der Waals surface area contributed by atoms with Crippen LogP contribution in [0.1, 0.15) is 97.3 Å². The summed E-state index contributed by atoms with van der Waals surface area (Å²) in [6.45, 7) is 5.17. The maximum Gasteiger partial charge on any atom is 0.305 e. The van der Waals surface area contributed by atoms with Gasteiger partial charge in [0.15, 0.2) is 0 Å². The average molecular weight is 296 g/mol. The number of unbranched alkanes of at least 4 members (excludes halogenated alkanes) is 8. The molecule has 0 amide bonds. The molecule has 0 aliphatic heterocycles. The summed E-state index contributed by atoms with van der Waals surface area (Å²) < 4.78 is 5.41. The standard InChI is InChI=1S/C19H36O2/c1-3-5-7-9-10-12-14-19(20)21-16-18-15-17(18)13-11-8-6-4-2/h17-18H,3-16H2,1-2H3. The molecule has 2 atom stereocenters. The van der Waals surface area contributed by atoms with E-state index in [1.54, 1.807) is 0 Å². The van der Waals surface area contributed by atoms with Gasteiger partial charge in [-0.05, 0) is 24.7 Å². The first kappa shape index (κ1) is 18.5. The Kier molecular flexibility index (Phi) is 10.6. The monoisotopic (exact) mass is 296 g/mol. The summed E-state index contributed by atoms with van der Waals surface area (Å²) >= 11 is 0. The largest absolute Gasteiger partial charge is 0.465 e. The van der Waals surface area contributed by atoms with Gasteiger partial charge in [-0.25, -0.2) is 0 Å². The van der Waals surface area contributed by atoms with Crippen molar-refractivity contribution >= 4 is 5.97 Å². The highest BCUT2D eigenvalue weighted by Gasteiger charge is 2.36. The van der Waals surface area contributed by atoms with E-state index < -0.39 is 0 Å². The normalized spacial score (nSPS) is 20.5. The minimum Gasteiger partial charge on any atom is -0.465 e. The second-order valence-electron chi connectivity index (χ2n) is 6.81. The molecule has 0 spiro atoms. The number of rotatable bonds is 14. The van der Waals surface area contributed by atoms with Crippen LogP contribution in [0.15, 0.2) is 0 Å². The smallest absolute Gasteiger partial charge is 0.305 e. The van der Waals surface area contributed by atoms with Gasteiger partial charge in [-0.3, -0.25) is 4.79 Å². The zero-order valence-electron chi connectivity index (χ0n) is 14.4. The zero-order chi connectivity index (χ0) is 15.3. The second-order valence-corrected chi connectivity index (χ2v) is 6.81. The Morgan fingerprint density at radius 1 is 0.857 bits per heavy atom. The lowest BCUT2D eigenvalue weighted by atomic mass is 10.1. The summed E-state index contributed by atoms with van der Waals surface area (Å²) in [5.74, 6) is 1.56. The molecular weight excluding hydrogens is 260 g/mol. The van der Waals surface area contributed by atoms with E-state index in [0.29, 0.717) is 18.9 Å². The topological polar surface area (TPSA) is 26.3 Å². The van der Waals surface area contributed by atoms with E-state index >= 15 is 0 Å². The Morgan fingerprint density at radius 2 is 1.48 bits per heavy atom. The molecule has 0 aromatic rings. The fraction of sp³-hybridized carbons (Fsp3) is 0.947. The lowest BCUT2D eigenvalue weighted by molar-refractivity contribution is -0.144. The van der Waals surface area contributed by atoms with Crippen LogP contribution in [-0.2, 0) is 9.53 Å². The first-order valence-corrected chi connectivity index (χ1v) is 9.43. The number of carbonyl (C=O) groups excluding carboxylic acids is 1. The average Bonchev–Trinajstić information content (AvgIpc) is 3.24. The van der Waals surface area contributed by atoms with Gasteiger partial charge in [-0.15, -0.1) is 0 Å². The van der Waals surface area contributed by atoms with Gasteiger partial charge >= 0.3 is 5.97 Å². The fourth-order valence-electron chi connectivity index (χ4n) is 3.02. The Bertz CT molecular complexity index is 262. The van der Waals surface area contributed by atoms with Crippen LogP contribution in [0, 0.1) is 11.8 Å². The molecule has 21 heavy (non-hydrogen) atoms. The van der Waals surface area contributed by atoms with Crippen LogP contribution in [-0.4, -0.2) is 12.6 Å². The van der Waals surface area contributed by atoms with Crippen molar-refractivity contribution in [3.05, 3.63) is 0 Å². The fourth-order valence-corrected chi connectivity index (χ4v) is 3.02. The van der Waals surface area contributed by atoms with Gasteiger partial charge in [0.2, 0.25) is 0 Å². The van der Waals surface area contributed by atoms with E-state index in [1.165, 1.54) is 70.6 Å². The predicted octanol–water partition coefficient (Wildman–Crippen LogP) is 5.89. The molecule has 1 fully saturated rings. The van der Waals surface area contributed by atoms with Crippen molar-refractivity contribution in [1.82, 2.24) is 0 Å². The van der Waals surface area contributed by atoms with E-state index in [9.17, 15) is 4.79 Å². The van der Waals surface area contributed by atoms with Crippen molar-refractivity contribution in [3.8, 4) is 0 Å².